The molecule has 1 aromatic carbocycles. The lowest BCUT2D eigenvalue weighted by Gasteiger charge is -2.37. The summed E-state index contributed by atoms with van der Waals surface area (Å²) in [7, 11) is 0. The highest BCUT2D eigenvalue weighted by atomic mass is 32.1. The summed E-state index contributed by atoms with van der Waals surface area (Å²) in [5.74, 6) is 0.0582. The summed E-state index contributed by atoms with van der Waals surface area (Å²) in [4.78, 5) is 22.8. The third-order valence-electron chi connectivity index (χ3n) is 4.52. The number of rotatable bonds is 4. The minimum Gasteiger partial charge on any atom is -0.346 e. The van der Waals surface area contributed by atoms with E-state index in [-0.39, 0.29) is 11.9 Å². The normalized spacial score (nSPS) is 16.9. The molecule has 1 amide bonds. The van der Waals surface area contributed by atoms with E-state index in [1.165, 1.54) is 4.88 Å². The molecule has 5 nitrogen and oxygen atoms in total. The molecule has 2 aromatic rings. The van der Waals surface area contributed by atoms with Gasteiger partial charge in [-0.15, -0.1) is 11.3 Å². The smallest absolute Gasteiger partial charge is 0.241 e. The van der Waals surface area contributed by atoms with E-state index in [1.54, 1.807) is 11.3 Å². The van der Waals surface area contributed by atoms with Crippen molar-refractivity contribution in [2.24, 2.45) is 0 Å². The summed E-state index contributed by atoms with van der Waals surface area (Å²) in [6.45, 7) is 9.65. The van der Waals surface area contributed by atoms with Crippen molar-refractivity contribution in [2.45, 2.75) is 26.8 Å². The Morgan fingerprint density at radius 3 is 2.54 bits per heavy atom. The Bertz CT molecular complexity index is 707. The summed E-state index contributed by atoms with van der Waals surface area (Å²) in [5, 5.41) is 4.14. The number of anilines is 2. The minimum absolute atomic E-state index is 0.0582. The van der Waals surface area contributed by atoms with Crippen molar-refractivity contribution in [1.82, 2.24) is 9.88 Å². The van der Waals surface area contributed by atoms with Crippen molar-refractivity contribution >= 4 is 28.1 Å². The molecule has 1 N–H and O–H groups in total. The fourth-order valence-electron chi connectivity index (χ4n) is 2.91. The van der Waals surface area contributed by atoms with Crippen LogP contribution in [0, 0.1) is 13.8 Å². The highest BCUT2D eigenvalue weighted by Crippen LogP contribution is 2.23. The van der Waals surface area contributed by atoms with Crippen LogP contribution in [0.3, 0.4) is 0 Å². The molecule has 0 aliphatic carbocycles. The lowest BCUT2D eigenvalue weighted by atomic mass is 10.1. The molecule has 6 heteroatoms. The number of carbonyl (C=O) groups is 1. The van der Waals surface area contributed by atoms with E-state index < -0.39 is 0 Å². The number of para-hydroxylation sites is 1. The zero-order valence-electron chi connectivity index (χ0n) is 14.5. The molecule has 1 aromatic heterocycles. The first-order chi connectivity index (χ1) is 11.5. The summed E-state index contributed by atoms with van der Waals surface area (Å²) >= 11 is 1.73. The SMILES string of the molecule is Cc1cnc(N2CCN([C@H](C)C(=O)Nc3ccccc3C)CC2)s1. The van der Waals surface area contributed by atoms with Gasteiger partial charge in [0.2, 0.25) is 5.91 Å². The maximum atomic E-state index is 12.5. The number of carbonyl (C=O) groups excluding carboxylic acids is 1. The minimum atomic E-state index is -0.134. The van der Waals surface area contributed by atoms with E-state index in [1.807, 2.05) is 44.3 Å². The van der Waals surface area contributed by atoms with Crippen LogP contribution in [0.1, 0.15) is 17.4 Å². The molecular formula is C18H24N4OS. The number of hydrogen-bond donors (Lipinski definition) is 1. The van der Waals surface area contributed by atoms with Crippen molar-refractivity contribution in [3.8, 4) is 0 Å². The third kappa shape index (κ3) is 3.76. The molecule has 1 aliphatic heterocycles. The number of amides is 1. The summed E-state index contributed by atoms with van der Waals surface area (Å²) < 4.78 is 0. The largest absolute Gasteiger partial charge is 0.346 e. The quantitative estimate of drug-likeness (QED) is 0.926. The lowest BCUT2D eigenvalue weighted by molar-refractivity contribution is -0.120. The molecule has 1 aliphatic rings. The first-order valence-corrected chi connectivity index (χ1v) is 9.14. The molecule has 2 heterocycles. The molecule has 1 atom stereocenters. The average Bonchev–Trinajstić information content (AvgIpc) is 3.03. The fraction of sp³-hybridized carbons (Fsp3) is 0.444. The average molecular weight is 344 g/mol. The number of hydrogen-bond acceptors (Lipinski definition) is 5. The van der Waals surface area contributed by atoms with E-state index in [9.17, 15) is 4.79 Å². The van der Waals surface area contributed by atoms with Gasteiger partial charge in [-0.05, 0) is 32.4 Å². The van der Waals surface area contributed by atoms with Crippen LogP contribution in [-0.2, 0) is 4.79 Å². The van der Waals surface area contributed by atoms with Gasteiger partial charge in [0, 0.05) is 42.9 Å². The molecule has 1 saturated heterocycles. The first-order valence-electron chi connectivity index (χ1n) is 8.32. The second-order valence-corrected chi connectivity index (χ2v) is 7.47. The van der Waals surface area contributed by atoms with Crippen molar-refractivity contribution < 1.29 is 4.79 Å². The number of piperazine rings is 1. The maximum absolute atomic E-state index is 12.5. The molecule has 0 spiro atoms. The molecule has 0 unspecified atom stereocenters. The summed E-state index contributed by atoms with van der Waals surface area (Å²) in [6, 6.07) is 7.75. The van der Waals surface area contributed by atoms with Crippen molar-refractivity contribution in [1.29, 1.82) is 0 Å². The van der Waals surface area contributed by atoms with Gasteiger partial charge in [-0.2, -0.15) is 0 Å². The van der Waals surface area contributed by atoms with E-state index in [0.29, 0.717) is 0 Å². The zero-order chi connectivity index (χ0) is 17.1. The number of nitrogens with zero attached hydrogens (tertiary/aromatic N) is 3. The standard InChI is InChI=1S/C18H24N4OS/c1-13-6-4-5-7-16(13)20-17(23)15(3)21-8-10-22(11-9-21)18-19-12-14(2)24-18/h4-7,12,15H,8-11H2,1-3H3,(H,20,23)/t15-/m1/s1. The van der Waals surface area contributed by atoms with Crippen LogP contribution in [0.5, 0.6) is 0 Å². The van der Waals surface area contributed by atoms with Crippen LogP contribution in [0.25, 0.3) is 0 Å². The predicted molar refractivity (Wildman–Crippen MR) is 99.9 cm³/mol. The Balaban J connectivity index is 1.55. The number of aryl methyl sites for hydroxylation is 2. The van der Waals surface area contributed by atoms with E-state index in [0.717, 1.165) is 42.6 Å². The highest BCUT2D eigenvalue weighted by molar-refractivity contribution is 7.15. The Morgan fingerprint density at radius 1 is 1.21 bits per heavy atom. The van der Waals surface area contributed by atoms with Gasteiger partial charge in [0.15, 0.2) is 5.13 Å². The second kappa shape index (κ2) is 7.32. The molecule has 128 valence electrons. The molecule has 0 saturated carbocycles. The van der Waals surface area contributed by atoms with Crippen molar-refractivity contribution in [3.05, 3.63) is 40.9 Å². The van der Waals surface area contributed by atoms with Gasteiger partial charge in [0.25, 0.3) is 0 Å². The molecule has 0 radical (unpaired) electrons. The second-order valence-electron chi connectivity index (χ2n) is 6.26. The van der Waals surface area contributed by atoms with Crippen LogP contribution in [-0.4, -0.2) is 48.0 Å². The Labute approximate surface area is 147 Å². The van der Waals surface area contributed by atoms with Crippen molar-refractivity contribution in [3.63, 3.8) is 0 Å². The third-order valence-corrected chi connectivity index (χ3v) is 5.50. The van der Waals surface area contributed by atoms with Crippen molar-refractivity contribution in [2.75, 3.05) is 36.4 Å². The van der Waals surface area contributed by atoms with E-state index in [2.05, 4.69) is 27.0 Å². The van der Waals surface area contributed by atoms with E-state index >= 15 is 0 Å². The van der Waals surface area contributed by atoms with Gasteiger partial charge >= 0.3 is 0 Å². The van der Waals surface area contributed by atoms with Crippen LogP contribution < -0.4 is 10.2 Å². The summed E-state index contributed by atoms with van der Waals surface area (Å²) in [5.41, 5.74) is 1.98. The predicted octanol–water partition coefficient (Wildman–Crippen LogP) is 2.91. The van der Waals surface area contributed by atoms with Gasteiger partial charge in [-0.1, -0.05) is 18.2 Å². The molecule has 1 fully saturated rings. The molecule has 3 rings (SSSR count). The Morgan fingerprint density at radius 2 is 1.92 bits per heavy atom. The van der Waals surface area contributed by atoms with Gasteiger partial charge in [0.05, 0.1) is 6.04 Å². The monoisotopic (exact) mass is 344 g/mol. The Kier molecular flexibility index (Phi) is 5.16. The van der Waals surface area contributed by atoms with Crippen LogP contribution in [0.15, 0.2) is 30.5 Å². The van der Waals surface area contributed by atoms with Gasteiger partial charge in [0.1, 0.15) is 0 Å². The topological polar surface area (TPSA) is 48.5 Å². The first kappa shape index (κ1) is 16.9. The summed E-state index contributed by atoms with van der Waals surface area (Å²) in [6.07, 6.45) is 1.92. The maximum Gasteiger partial charge on any atom is 0.241 e. The molecule has 24 heavy (non-hydrogen) atoms. The van der Waals surface area contributed by atoms with Gasteiger partial charge < -0.3 is 10.2 Å². The number of benzene rings is 1. The lowest BCUT2D eigenvalue weighted by Crippen LogP contribution is -2.52. The number of nitrogens with one attached hydrogen (secondary N) is 1. The van der Waals surface area contributed by atoms with Crippen LogP contribution in [0.4, 0.5) is 10.8 Å². The zero-order valence-corrected chi connectivity index (χ0v) is 15.3. The highest BCUT2D eigenvalue weighted by Gasteiger charge is 2.26. The Hall–Kier alpha value is -1.92. The van der Waals surface area contributed by atoms with Crippen LogP contribution in [0.2, 0.25) is 0 Å². The van der Waals surface area contributed by atoms with Gasteiger partial charge in [-0.25, -0.2) is 4.98 Å². The molecular weight excluding hydrogens is 320 g/mol. The number of thiazole rings is 1. The number of aromatic nitrogens is 1. The molecule has 0 bridgehead atoms. The van der Waals surface area contributed by atoms with Gasteiger partial charge in [-0.3, -0.25) is 9.69 Å². The van der Waals surface area contributed by atoms with Crippen LogP contribution >= 0.6 is 11.3 Å². The fourth-order valence-corrected chi connectivity index (χ4v) is 3.72. The van der Waals surface area contributed by atoms with E-state index in [4.69, 9.17) is 0 Å².